The van der Waals surface area contributed by atoms with Crippen molar-refractivity contribution < 1.29 is 4.74 Å². The molecule has 1 heterocycles. The van der Waals surface area contributed by atoms with Gasteiger partial charge in [0.2, 0.25) is 0 Å². The van der Waals surface area contributed by atoms with E-state index in [1.165, 1.54) is 0 Å². The Morgan fingerprint density at radius 2 is 2.25 bits per heavy atom. The Morgan fingerprint density at radius 1 is 1.56 bits per heavy atom. The highest BCUT2D eigenvalue weighted by atomic mass is 16.5. The number of aromatic nitrogens is 2. The van der Waals surface area contributed by atoms with Crippen molar-refractivity contribution in [3.8, 4) is 5.75 Å². The Labute approximate surface area is 96.9 Å². The Kier molecular flexibility index (Phi) is 4.76. The van der Waals surface area contributed by atoms with Gasteiger partial charge < -0.3 is 4.74 Å². The van der Waals surface area contributed by atoms with Gasteiger partial charge in [0.25, 0.3) is 0 Å². The standard InChI is InChI=1S/C11H22N4O/c1-5-15-11(10(16-4)7-13-15)9(14-12)6-8(2)3/h7-9,14H,5-6,12H2,1-4H3. The fraction of sp³-hybridized carbons (Fsp3) is 0.727. The van der Waals surface area contributed by atoms with Crippen molar-refractivity contribution in [3.05, 3.63) is 11.9 Å². The van der Waals surface area contributed by atoms with E-state index in [9.17, 15) is 0 Å². The normalized spacial score (nSPS) is 13.1. The van der Waals surface area contributed by atoms with Crippen LogP contribution in [0.15, 0.2) is 6.20 Å². The molecule has 1 atom stereocenters. The number of nitrogens with two attached hydrogens (primary N) is 1. The highest BCUT2D eigenvalue weighted by Crippen LogP contribution is 2.28. The molecule has 0 amide bonds. The molecule has 0 aliphatic carbocycles. The van der Waals surface area contributed by atoms with E-state index in [-0.39, 0.29) is 6.04 Å². The number of aryl methyl sites for hydroxylation is 1. The van der Waals surface area contributed by atoms with E-state index in [0.717, 1.165) is 24.4 Å². The van der Waals surface area contributed by atoms with E-state index >= 15 is 0 Å². The summed E-state index contributed by atoms with van der Waals surface area (Å²) in [5, 5.41) is 4.28. The molecular formula is C11H22N4O. The van der Waals surface area contributed by atoms with Gasteiger partial charge in [0.15, 0.2) is 5.75 Å². The van der Waals surface area contributed by atoms with Crippen molar-refractivity contribution in [1.29, 1.82) is 0 Å². The van der Waals surface area contributed by atoms with E-state index in [4.69, 9.17) is 10.6 Å². The minimum atomic E-state index is 0.0809. The van der Waals surface area contributed by atoms with Crippen molar-refractivity contribution in [2.24, 2.45) is 11.8 Å². The van der Waals surface area contributed by atoms with Crippen molar-refractivity contribution in [3.63, 3.8) is 0 Å². The second-order valence-corrected chi connectivity index (χ2v) is 4.26. The number of hydrogen-bond donors (Lipinski definition) is 2. The van der Waals surface area contributed by atoms with Crippen LogP contribution in [0.1, 0.15) is 38.9 Å². The molecule has 5 heteroatoms. The van der Waals surface area contributed by atoms with Crippen LogP contribution in [-0.2, 0) is 6.54 Å². The summed E-state index contributed by atoms with van der Waals surface area (Å²) in [6, 6.07) is 0.0809. The summed E-state index contributed by atoms with van der Waals surface area (Å²) in [7, 11) is 1.66. The first-order chi connectivity index (χ1) is 7.63. The van der Waals surface area contributed by atoms with Gasteiger partial charge in [-0.15, -0.1) is 0 Å². The molecule has 0 radical (unpaired) electrons. The van der Waals surface area contributed by atoms with Gasteiger partial charge in [0, 0.05) is 6.54 Å². The summed E-state index contributed by atoms with van der Waals surface area (Å²) < 4.78 is 7.24. The maximum atomic E-state index is 5.61. The molecule has 0 saturated carbocycles. The summed E-state index contributed by atoms with van der Waals surface area (Å²) in [5.41, 5.74) is 3.87. The molecule has 16 heavy (non-hydrogen) atoms. The highest BCUT2D eigenvalue weighted by Gasteiger charge is 2.21. The van der Waals surface area contributed by atoms with Crippen LogP contribution in [0.25, 0.3) is 0 Å². The van der Waals surface area contributed by atoms with E-state index in [0.29, 0.717) is 5.92 Å². The van der Waals surface area contributed by atoms with Crippen LogP contribution in [0, 0.1) is 5.92 Å². The maximum absolute atomic E-state index is 5.61. The van der Waals surface area contributed by atoms with Crippen molar-refractivity contribution >= 4 is 0 Å². The molecule has 1 rings (SSSR count). The molecule has 0 aliphatic heterocycles. The lowest BCUT2D eigenvalue weighted by Gasteiger charge is -2.20. The molecule has 1 aromatic heterocycles. The number of hydrogen-bond acceptors (Lipinski definition) is 4. The van der Waals surface area contributed by atoms with Crippen LogP contribution in [0.2, 0.25) is 0 Å². The minimum Gasteiger partial charge on any atom is -0.493 e. The van der Waals surface area contributed by atoms with Gasteiger partial charge in [0.1, 0.15) is 0 Å². The molecule has 0 saturated heterocycles. The third kappa shape index (κ3) is 2.74. The number of nitrogens with one attached hydrogen (secondary N) is 1. The summed E-state index contributed by atoms with van der Waals surface area (Å²) in [6.45, 7) is 7.21. The van der Waals surface area contributed by atoms with Gasteiger partial charge >= 0.3 is 0 Å². The summed E-state index contributed by atoms with van der Waals surface area (Å²) in [6.07, 6.45) is 2.70. The summed E-state index contributed by atoms with van der Waals surface area (Å²) >= 11 is 0. The van der Waals surface area contributed by atoms with Gasteiger partial charge in [-0.1, -0.05) is 13.8 Å². The predicted octanol–water partition coefficient (Wildman–Crippen LogP) is 1.46. The van der Waals surface area contributed by atoms with Gasteiger partial charge in [-0.2, -0.15) is 5.10 Å². The lowest BCUT2D eigenvalue weighted by atomic mass is 10.0. The van der Waals surface area contributed by atoms with Crippen LogP contribution in [0.5, 0.6) is 5.75 Å². The quantitative estimate of drug-likeness (QED) is 0.569. The second kappa shape index (κ2) is 5.86. The largest absolute Gasteiger partial charge is 0.493 e. The third-order valence-electron chi connectivity index (χ3n) is 2.60. The number of ether oxygens (including phenoxy) is 1. The molecule has 0 bridgehead atoms. The zero-order chi connectivity index (χ0) is 12.1. The Hall–Kier alpha value is -1.07. The topological polar surface area (TPSA) is 65.1 Å². The van der Waals surface area contributed by atoms with Crippen LogP contribution in [-0.4, -0.2) is 16.9 Å². The Morgan fingerprint density at radius 3 is 2.69 bits per heavy atom. The Balaban J connectivity index is 3.00. The van der Waals surface area contributed by atoms with E-state index in [1.54, 1.807) is 13.3 Å². The smallest absolute Gasteiger partial charge is 0.161 e. The number of hydrazine groups is 1. The first kappa shape index (κ1) is 13.0. The first-order valence-electron chi connectivity index (χ1n) is 5.69. The zero-order valence-corrected chi connectivity index (χ0v) is 10.5. The predicted molar refractivity (Wildman–Crippen MR) is 64.0 cm³/mol. The lowest BCUT2D eigenvalue weighted by molar-refractivity contribution is 0.369. The summed E-state index contributed by atoms with van der Waals surface area (Å²) in [5.74, 6) is 6.97. The molecule has 92 valence electrons. The number of rotatable bonds is 6. The van der Waals surface area contributed by atoms with Crippen molar-refractivity contribution in [2.45, 2.75) is 39.8 Å². The third-order valence-corrected chi connectivity index (χ3v) is 2.60. The molecule has 3 N–H and O–H groups in total. The fourth-order valence-corrected chi connectivity index (χ4v) is 1.87. The first-order valence-corrected chi connectivity index (χ1v) is 5.69. The maximum Gasteiger partial charge on any atom is 0.161 e. The van der Waals surface area contributed by atoms with Gasteiger partial charge in [0.05, 0.1) is 25.0 Å². The lowest BCUT2D eigenvalue weighted by Crippen LogP contribution is -2.31. The van der Waals surface area contributed by atoms with Gasteiger partial charge in [-0.25, -0.2) is 0 Å². The minimum absolute atomic E-state index is 0.0809. The number of methoxy groups -OCH3 is 1. The molecule has 1 unspecified atom stereocenters. The van der Waals surface area contributed by atoms with Crippen LogP contribution in [0.4, 0.5) is 0 Å². The van der Waals surface area contributed by atoms with Crippen LogP contribution >= 0.6 is 0 Å². The van der Waals surface area contributed by atoms with E-state index in [2.05, 4.69) is 31.3 Å². The number of nitrogens with zero attached hydrogens (tertiary/aromatic N) is 2. The molecule has 5 nitrogen and oxygen atoms in total. The Bertz CT molecular complexity index is 300. The van der Waals surface area contributed by atoms with E-state index in [1.807, 2.05) is 4.68 Å². The molecule has 0 aromatic carbocycles. The fourth-order valence-electron chi connectivity index (χ4n) is 1.87. The van der Waals surface area contributed by atoms with Gasteiger partial charge in [-0.3, -0.25) is 16.0 Å². The molecule has 0 spiro atoms. The van der Waals surface area contributed by atoms with Crippen molar-refractivity contribution in [2.75, 3.05) is 7.11 Å². The molecule has 0 fully saturated rings. The SMILES string of the molecule is CCn1ncc(OC)c1C(CC(C)C)NN. The second-order valence-electron chi connectivity index (χ2n) is 4.26. The van der Waals surface area contributed by atoms with Crippen LogP contribution in [0.3, 0.4) is 0 Å². The molecule has 1 aromatic rings. The van der Waals surface area contributed by atoms with Gasteiger partial charge in [-0.05, 0) is 19.3 Å². The average Bonchev–Trinajstić information content (AvgIpc) is 2.68. The summed E-state index contributed by atoms with van der Waals surface area (Å²) in [4.78, 5) is 0. The van der Waals surface area contributed by atoms with Crippen LogP contribution < -0.4 is 16.0 Å². The molecule has 0 aliphatic rings. The zero-order valence-electron chi connectivity index (χ0n) is 10.5. The molecular weight excluding hydrogens is 204 g/mol. The highest BCUT2D eigenvalue weighted by molar-refractivity contribution is 5.28. The monoisotopic (exact) mass is 226 g/mol. The average molecular weight is 226 g/mol. The van der Waals surface area contributed by atoms with Crippen molar-refractivity contribution in [1.82, 2.24) is 15.2 Å². The van der Waals surface area contributed by atoms with E-state index < -0.39 is 0 Å².